The first kappa shape index (κ1) is 11.5. The lowest BCUT2D eigenvalue weighted by Crippen LogP contribution is -2.60. The molecule has 2 aliphatic rings. The van der Waals surface area contributed by atoms with Crippen LogP contribution in [0.15, 0.2) is 23.3 Å². The number of amides is 1. The van der Waals surface area contributed by atoms with E-state index in [9.17, 15) is 9.90 Å². The Morgan fingerprint density at radius 2 is 2.56 bits per heavy atom. The maximum absolute atomic E-state index is 10.6. The van der Waals surface area contributed by atoms with Crippen LogP contribution in [0.2, 0.25) is 0 Å². The standard InChI is InChI=1S/C10H15N3O2S/c11-8-6-13(7-14)5-3-10(8,15)9-2-1-4-12-16-9/h1-2,4,7-8,12,15H,3,5-6,11H2/t8-,10-/m0/s1. The van der Waals surface area contributed by atoms with Crippen molar-refractivity contribution in [3.8, 4) is 0 Å². The molecule has 0 aliphatic carbocycles. The highest BCUT2D eigenvalue weighted by molar-refractivity contribution is 8.01. The predicted octanol–water partition coefficient (Wildman–Crippen LogP) is -0.444. The Morgan fingerprint density at radius 3 is 3.12 bits per heavy atom. The van der Waals surface area contributed by atoms with Crippen LogP contribution in [0.1, 0.15) is 6.42 Å². The van der Waals surface area contributed by atoms with E-state index in [0.717, 1.165) is 11.3 Å². The molecule has 0 unspecified atom stereocenters. The van der Waals surface area contributed by atoms with Crippen molar-refractivity contribution in [3.63, 3.8) is 0 Å². The maximum Gasteiger partial charge on any atom is 0.209 e. The van der Waals surface area contributed by atoms with Crippen molar-refractivity contribution in [1.29, 1.82) is 0 Å². The summed E-state index contributed by atoms with van der Waals surface area (Å²) in [5, 5.41) is 10.5. The first-order valence-corrected chi connectivity index (χ1v) is 5.95. The second-order valence-corrected chi connectivity index (χ2v) is 4.87. The van der Waals surface area contributed by atoms with Crippen molar-refractivity contribution >= 4 is 18.4 Å². The molecular formula is C10H15N3O2S. The molecule has 2 atom stereocenters. The van der Waals surface area contributed by atoms with E-state index in [1.165, 1.54) is 11.9 Å². The molecule has 6 heteroatoms. The van der Waals surface area contributed by atoms with Gasteiger partial charge in [-0.25, -0.2) is 0 Å². The lowest BCUT2D eigenvalue weighted by Gasteiger charge is -2.42. The molecule has 1 amide bonds. The van der Waals surface area contributed by atoms with Gasteiger partial charge in [0.25, 0.3) is 0 Å². The molecule has 0 bridgehead atoms. The number of piperidine rings is 1. The van der Waals surface area contributed by atoms with E-state index in [4.69, 9.17) is 5.73 Å². The fraction of sp³-hybridized carbons (Fsp3) is 0.500. The summed E-state index contributed by atoms with van der Waals surface area (Å²) in [6.45, 7) is 0.928. The second kappa shape index (κ2) is 4.48. The third-order valence-electron chi connectivity index (χ3n) is 2.98. The number of hydrogen-bond acceptors (Lipinski definition) is 5. The van der Waals surface area contributed by atoms with Gasteiger partial charge in [-0.3, -0.25) is 4.79 Å². The number of nitrogens with one attached hydrogen (secondary N) is 1. The number of carbonyl (C=O) groups excluding carboxylic acids is 1. The third-order valence-corrected chi connectivity index (χ3v) is 3.94. The number of nitrogens with zero attached hydrogens (tertiary/aromatic N) is 1. The lowest BCUT2D eigenvalue weighted by molar-refractivity contribution is -0.121. The molecule has 1 fully saturated rings. The van der Waals surface area contributed by atoms with E-state index < -0.39 is 11.6 Å². The van der Waals surface area contributed by atoms with E-state index in [1.807, 2.05) is 12.2 Å². The van der Waals surface area contributed by atoms with Gasteiger partial charge in [0.05, 0.1) is 6.04 Å². The Kier molecular flexibility index (Phi) is 3.22. The summed E-state index contributed by atoms with van der Waals surface area (Å²) in [7, 11) is 0. The van der Waals surface area contributed by atoms with Crippen LogP contribution in [0, 0.1) is 0 Å². The number of carbonyl (C=O) groups is 1. The molecule has 0 aromatic heterocycles. The van der Waals surface area contributed by atoms with Gasteiger partial charge in [-0.15, -0.1) is 0 Å². The zero-order valence-electron chi connectivity index (χ0n) is 8.80. The van der Waals surface area contributed by atoms with Crippen molar-refractivity contribution in [1.82, 2.24) is 9.62 Å². The summed E-state index contributed by atoms with van der Waals surface area (Å²) in [5.41, 5.74) is 4.93. The fourth-order valence-corrected chi connectivity index (χ4v) is 2.79. The Morgan fingerprint density at radius 1 is 1.75 bits per heavy atom. The van der Waals surface area contributed by atoms with Gasteiger partial charge in [-0.2, -0.15) is 0 Å². The number of allylic oxidation sites excluding steroid dienone is 2. The predicted molar refractivity (Wildman–Crippen MR) is 63.1 cm³/mol. The van der Waals surface area contributed by atoms with Gasteiger partial charge in [-0.05, 0) is 24.1 Å². The molecule has 1 saturated heterocycles. The van der Waals surface area contributed by atoms with Gasteiger partial charge in [-0.1, -0.05) is 0 Å². The van der Waals surface area contributed by atoms with Crippen LogP contribution in [-0.4, -0.2) is 41.1 Å². The molecule has 0 spiro atoms. The molecule has 5 nitrogen and oxygen atoms in total. The number of aliphatic hydroxyl groups is 1. The molecule has 0 aromatic rings. The van der Waals surface area contributed by atoms with Crippen LogP contribution in [-0.2, 0) is 4.79 Å². The highest BCUT2D eigenvalue weighted by Gasteiger charge is 2.42. The van der Waals surface area contributed by atoms with Gasteiger partial charge in [0.2, 0.25) is 6.41 Å². The molecule has 2 heterocycles. The molecule has 88 valence electrons. The van der Waals surface area contributed by atoms with Crippen molar-refractivity contribution in [2.75, 3.05) is 13.1 Å². The number of hydrogen-bond donors (Lipinski definition) is 3. The monoisotopic (exact) mass is 241 g/mol. The zero-order chi connectivity index (χ0) is 11.6. The summed E-state index contributed by atoms with van der Waals surface area (Å²) in [6, 6.07) is -0.446. The average Bonchev–Trinajstić information content (AvgIpc) is 2.34. The molecule has 0 saturated carbocycles. The maximum atomic E-state index is 10.6. The van der Waals surface area contributed by atoms with E-state index in [-0.39, 0.29) is 0 Å². The van der Waals surface area contributed by atoms with Crippen LogP contribution in [0.5, 0.6) is 0 Å². The molecule has 16 heavy (non-hydrogen) atoms. The SMILES string of the molecule is N[C@H]1CN(C=O)CC[C@@]1(O)C1=CC=CNS1. The van der Waals surface area contributed by atoms with Crippen molar-refractivity contribution in [2.45, 2.75) is 18.1 Å². The summed E-state index contributed by atoms with van der Waals surface area (Å²) in [4.78, 5) is 13.0. The van der Waals surface area contributed by atoms with Crippen LogP contribution >= 0.6 is 11.9 Å². The summed E-state index contributed by atoms with van der Waals surface area (Å²) in [5.74, 6) is 0. The lowest BCUT2D eigenvalue weighted by atomic mass is 9.86. The van der Waals surface area contributed by atoms with E-state index >= 15 is 0 Å². The van der Waals surface area contributed by atoms with Crippen molar-refractivity contribution in [3.05, 3.63) is 23.3 Å². The first-order valence-electron chi connectivity index (χ1n) is 5.14. The van der Waals surface area contributed by atoms with Crippen LogP contribution in [0.25, 0.3) is 0 Å². The van der Waals surface area contributed by atoms with E-state index in [2.05, 4.69) is 4.72 Å². The fourth-order valence-electron chi connectivity index (χ4n) is 1.94. The molecule has 0 radical (unpaired) electrons. The molecule has 0 aromatic carbocycles. The van der Waals surface area contributed by atoms with E-state index in [0.29, 0.717) is 19.5 Å². The zero-order valence-corrected chi connectivity index (χ0v) is 9.61. The molecular weight excluding hydrogens is 226 g/mol. The van der Waals surface area contributed by atoms with Gasteiger partial charge in [0.15, 0.2) is 0 Å². The first-order chi connectivity index (χ1) is 7.66. The Hall–Kier alpha value is -0.980. The Balaban J connectivity index is 2.15. The smallest absolute Gasteiger partial charge is 0.209 e. The van der Waals surface area contributed by atoms with E-state index in [1.54, 1.807) is 11.1 Å². The highest BCUT2D eigenvalue weighted by Crippen LogP contribution is 2.35. The van der Waals surface area contributed by atoms with Crippen LogP contribution in [0.4, 0.5) is 0 Å². The Bertz CT molecular complexity index is 345. The summed E-state index contributed by atoms with van der Waals surface area (Å²) < 4.78 is 2.97. The number of rotatable bonds is 2. The summed E-state index contributed by atoms with van der Waals surface area (Å²) in [6.07, 6.45) is 6.74. The van der Waals surface area contributed by atoms with Crippen molar-refractivity contribution < 1.29 is 9.90 Å². The minimum absolute atomic E-state index is 0.390. The van der Waals surface area contributed by atoms with Gasteiger partial charge >= 0.3 is 0 Å². The van der Waals surface area contributed by atoms with Gasteiger partial charge in [0.1, 0.15) is 5.60 Å². The van der Waals surface area contributed by atoms with Gasteiger partial charge in [0, 0.05) is 30.6 Å². The highest BCUT2D eigenvalue weighted by atomic mass is 32.2. The quantitative estimate of drug-likeness (QED) is 0.451. The molecule has 2 rings (SSSR count). The second-order valence-electron chi connectivity index (χ2n) is 3.99. The topological polar surface area (TPSA) is 78.6 Å². The van der Waals surface area contributed by atoms with Crippen molar-refractivity contribution in [2.24, 2.45) is 5.73 Å². The average molecular weight is 241 g/mol. The molecule has 2 aliphatic heterocycles. The Labute approximate surface area is 98.5 Å². The van der Waals surface area contributed by atoms with Gasteiger partial charge < -0.3 is 20.5 Å². The normalized spacial score (nSPS) is 34.2. The number of likely N-dealkylation sites (tertiary alicyclic amines) is 1. The molecule has 4 N–H and O–H groups in total. The summed E-state index contributed by atoms with van der Waals surface area (Å²) >= 11 is 1.37. The third kappa shape index (κ3) is 1.95. The van der Waals surface area contributed by atoms with Crippen LogP contribution < -0.4 is 10.5 Å². The largest absolute Gasteiger partial charge is 0.383 e. The number of nitrogens with two attached hydrogens (primary N) is 1. The van der Waals surface area contributed by atoms with Crippen LogP contribution in [0.3, 0.4) is 0 Å². The minimum atomic E-state index is -1.03. The minimum Gasteiger partial charge on any atom is -0.383 e.